The van der Waals surface area contributed by atoms with Crippen LogP contribution in [0.5, 0.6) is 0 Å². The predicted octanol–water partition coefficient (Wildman–Crippen LogP) is 5.26. The van der Waals surface area contributed by atoms with E-state index in [1.54, 1.807) is 19.1 Å². The molecule has 2 heterocycles. The highest BCUT2D eigenvalue weighted by Crippen LogP contribution is 2.37. The van der Waals surface area contributed by atoms with Crippen molar-refractivity contribution in [2.45, 2.75) is 32.5 Å². The third kappa shape index (κ3) is 3.65. The van der Waals surface area contributed by atoms with Crippen LogP contribution >= 0.6 is 11.8 Å². The van der Waals surface area contributed by atoms with Crippen molar-refractivity contribution in [1.82, 2.24) is 4.90 Å². The van der Waals surface area contributed by atoms with Crippen molar-refractivity contribution in [2.75, 3.05) is 5.75 Å². The topological polar surface area (TPSA) is 45.8 Å². The van der Waals surface area contributed by atoms with Gasteiger partial charge in [0.25, 0.3) is 5.91 Å². The van der Waals surface area contributed by atoms with Gasteiger partial charge in [0.2, 0.25) is 0 Å². The molecule has 0 unspecified atom stereocenters. The lowest BCUT2D eigenvalue weighted by Gasteiger charge is -2.29. The molecule has 8 heteroatoms. The second-order valence-electron chi connectivity index (χ2n) is 6.59. The van der Waals surface area contributed by atoms with E-state index in [-0.39, 0.29) is 17.4 Å². The van der Waals surface area contributed by atoms with Crippen molar-refractivity contribution in [1.29, 1.82) is 0 Å². The van der Waals surface area contributed by atoms with Gasteiger partial charge in [-0.05, 0) is 51.1 Å². The molecule has 2 aromatic rings. The summed E-state index contributed by atoms with van der Waals surface area (Å²) in [5.74, 6) is 0.999. The lowest BCUT2D eigenvalue weighted by Crippen LogP contribution is -2.46. The molecule has 0 aliphatic carbocycles. The highest BCUT2D eigenvalue weighted by molar-refractivity contribution is 8.14. The van der Waals surface area contributed by atoms with Gasteiger partial charge in [-0.15, -0.1) is 0 Å². The number of nitrogens with zero attached hydrogens (tertiary/aromatic N) is 2. The van der Waals surface area contributed by atoms with Gasteiger partial charge in [0, 0.05) is 5.75 Å². The highest BCUT2D eigenvalue weighted by atomic mass is 32.2. The molecular weight excluding hydrogens is 365 g/mol. The maximum atomic E-state index is 12.9. The number of aryl methyl sites for hydroxylation is 1. The van der Waals surface area contributed by atoms with Crippen molar-refractivity contribution >= 4 is 28.5 Å². The average molecular weight is 382 g/mol. The Labute approximate surface area is 153 Å². The van der Waals surface area contributed by atoms with Crippen molar-refractivity contribution in [3.05, 3.63) is 53.5 Å². The summed E-state index contributed by atoms with van der Waals surface area (Å²) in [6.45, 7) is 5.49. The van der Waals surface area contributed by atoms with Crippen molar-refractivity contribution in [2.24, 2.45) is 4.99 Å². The number of hydrogen-bond acceptors (Lipinski definition) is 4. The molecule has 1 saturated heterocycles. The van der Waals surface area contributed by atoms with Crippen LogP contribution in [0.25, 0.3) is 0 Å². The Morgan fingerprint density at radius 1 is 1.27 bits per heavy atom. The maximum absolute atomic E-state index is 12.9. The van der Waals surface area contributed by atoms with Crippen LogP contribution in [0, 0.1) is 6.92 Å². The zero-order valence-corrected chi connectivity index (χ0v) is 15.2. The van der Waals surface area contributed by atoms with E-state index in [1.165, 1.54) is 28.8 Å². The summed E-state index contributed by atoms with van der Waals surface area (Å²) < 4.78 is 44.1. The number of carbonyl (C=O) groups excluding carboxylic acids is 1. The first-order valence-corrected chi connectivity index (χ1v) is 8.86. The molecule has 0 radical (unpaired) electrons. The van der Waals surface area contributed by atoms with Gasteiger partial charge in [0.1, 0.15) is 5.76 Å². The summed E-state index contributed by atoms with van der Waals surface area (Å²) in [5.41, 5.74) is -1.17. The Hall–Kier alpha value is -2.22. The average Bonchev–Trinajstić information content (AvgIpc) is 3.10. The number of benzene rings is 1. The molecule has 26 heavy (non-hydrogen) atoms. The summed E-state index contributed by atoms with van der Waals surface area (Å²) in [4.78, 5) is 18.6. The van der Waals surface area contributed by atoms with E-state index in [2.05, 4.69) is 4.99 Å². The Bertz CT molecular complexity index is 871. The minimum absolute atomic E-state index is 0.147. The van der Waals surface area contributed by atoms with Crippen molar-refractivity contribution < 1.29 is 22.4 Å². The minimum atomic E-state index is -4.44. The molecule has 0 bridgehead atoms. The SMILES string of the molecule is Cc1ccc(C(=O)N2C(=Nc3cccc(C(F)(F)F)c3)SCC2(C)C)o1. The number of amides is 1. The predicted molar refractivity (Wildman–Crippen MR) is 94.7 cm³/mol. The van der Waals surface area contributed by atoms with Crippen LogP contribution in [0.15, 0.2) is 45.8 Å². The fourth-order valence-electron chi connectivity index (χ4n) is 2.60. The molecule has 1 aliphatic rings. The van der Waals surface area contributed by atoms with Gasteiger partial charge >= 0.3 is 6.18 Å². The largest absolute Gasteiger partial charge is 0.456 e. The summed E-state index contributed by atoms with van der Waals surface area (Å²) in [6.07, 6.45) is -4.44. The zero-order valence-electron chi connectivity index (χ0n) is 14.4. The third-order valence-corrected chi connectivity index (χ3v) is 5.29. The molecule has 0 N–H and O–H groups in total. The van der Waals surface area contributed by atoms with Gasteiger partial charge in [-0.25, -0.2) is 4.99 Å². The molecule has 1 aliphatic heterocycles. The first-order valence-electron chi connectivity index (χ1n) is 7.88. The van der Waals surface area contributed by atoms with Gasteiger partial charge < -0.3 is 4.42 Å². The van der Waals surface area contributed by atoms with Crippen LogP contribution in [0.3, 0.4) is 0 Å². The van der Waals surface area contributed by atoms with E-state index in [0.717, 1.165) is 12.1 Å². The van der Waals surface area contributed by atoms with Crippen LogP contribution in [-0.4, -0.2) is 27.3 Å². The van der Waals surface area contributed by atoms with E-state index in [1.807, 2.05) is 13.8 Å². The van der Waals surface area contributed by atoms with E-state index in [0.29, 0.717) is 16.7 Å². The number of amidine groups is 1. The molecule has 1 aromatic carbocycles. The standard InChI is InChI=1S/C18H17F3N2O2S/c1-11-7-8-14(25-11)15(24)23-16(26-10-17(23,2)3)22-13-6-4-5-12(9-13)18(19,20)21/h4-9H,10H2,1-3H3. The minimum Gasteiger partial charge on any atom is -0.456 e. The number of carbonyl (C=O) groups is 1. The van der Waals surface area contributed by atoms with Crippen LogP contribution in [0.2, 0.25) is 0 Å². The first-order chi connectivity index (χ1) is 12.1. The fourth-order valence-corrected chi connectivity index (χ4v) is 3.84. The van der Waals surface area contributed by atoms with Gasteiger partial charge in [-0.1, -0.05) is 17.8 Å². The summed E-state index contributed by atoms with van der Waals surface area (Å²) in [7, 11) is 0. The van der Waals surface area contributed by atoms with E-state index in [4.69, 9.17) is 4.42 Å². The maximum Gasteiger partial charge on any atom is 0.416 e. The summed E-state index contributed by atoms with van der Waals surface area (Å²) in [5, 5.41) is 0.355. The lowest BCUT2D eigenvalue weighted by molar-refractivity contribution is -0.137. The van der Waals surface area contributed by atoms with Gasteiger partial charge in [0.05, 0.1) is 16.8 Å². The van der Waals surface area contributed by atoms with E-state index >= 15 is 0 Å². The molecule has 1 amide bonds. The number of aliphatic imine (C=N–C) groups is 1. The van der Waals surface area contributed by atoms with Gasteiger partial charge in [-0.3, -0.25) is 9.69 Å². The normalized spacial score (nSPS) is 18.5. The number of hydrogen-bond donors (Lipinski definition) is 0. The molecule has 1 fully saturated rings. The third-order valence-electron chi connectivity index (χ3n) is 3.90. The van der Waals surface area contributed by atoms with Crippen LogP contribution in [0.4, 0.5) is 18.9 Å². The van der Waals surface area contributed by atoms with Crippen molar-refractivity contribution in [3.8, 4) is 0 Å². The molecular formula is C18H17F3N2O2S. The molecule has 0 spiro atoms. The molecule has 138 valence electrons. The molecule has 3 rings (SSSR count). The molecule has 0 saturated carbocycles. The Kier molecular flexibility index (Phi) is 4.64. The zero-order chi connectivity index (χ0) is 19.1. The Balaban J connectivity index is 1.98. The van der Waals surface area contributed by atoms with E-state index < -0.39 is 17.3 Å². The van der Waals surface area contributed by atoms with E-state index in [9.17, 15) is 18.0 Å². The van der Waals surface area contributed by atoms with Gasteiger partial charge in [0.15, 0.2) is 10.9 Å². The Morgan fingerprint density at radius 2 is 2.00 bits per heavy atom. The fraction of sp³-hybridized carbons (Fsp3) is 0.333. The first kappa shape index (κ1) is 18.6. The smallest absolute Gasteiger partial charge is 0.416 e. The highest BCUT2D eigenvalue weighted by Gasteiger charge is 2.42. The number of furan rings is 1. The van der Waals surface area contributed by atoms with Crippen molar-refractivity contribution in [3.63, 3.8) is 0 Å². The molecule has 4 nitrogen and oxygen atoms in total. The van der Waals surface area contributed by atoms with Crippen LogP contribution in [0.1, 0.15) is 35.7 Å². The lowest BCUT2D eigenvalue weighted by atomic mass is 10.1. The summed E-state index contributed by atoms with van der Waals surface area (Å²) in [6, 6.07) is 8.01. The second kappa shape index (κ2) is 6.50. The van der Waals surface area contributed by atoms with Gasteiger partial charge in [-0.2, -0.15) is 13.2 Å². The monoisotopic (exact) mass is 382 g/mol. The number of thioether (sulfide) groups is 1. The summed E-state index contributed by atoms with van der Waals surface area (Å²) >= 11 is 1.33. The number of alkyl halides is 3. The molecule has 0 atom stereocenters. The quantitative estimate of drug-likeness (QED) is 0.712. The second-order valence-corrected chi connectivity index (χ2v) is 7.54. The number of halogens is 3. The van der Waals surface area contributed by atoms with Crippen LogP contribution in [-0.2, 0) is 6.18 Å². The van der Waals surface area contributed by atoms with Crippen LogP contribution < -0.4 is 0 Å². The number of rotatable bonds is 2. The Morgan fingerprint density at radius 3 is 2.62 bits per heavy atom. The molecule has 1 aromatic heterocycles.